The van der Waals surface area contributed by atoms with Gasteiger partial charge in [-0.15, -0.1) is 0 Å². The smallest absolute Gasteiger partial charge is 0.329 e. The summed E-state index contributed by atoms with van der Waals surface area (Å²) in [6.07, 6.45) is 2.57. The van der Waals surface area contributed by atoms with E-state index >= 15 is 4.39 Å². The predicted octanol–water partition coefficient (Wildman–Crippen LogP) is 1.05. The molecular formula is C21H26FN3O5. The minimum atomic E-state index is -0.874. The number of H-pyrrole nitrogens is 1. The van der Waals surface area contributed by atoms with Crippen molar-refractivity contribution < 1.29 is 19.3 Å². The highest BCUT2D eigenvalue weighted by Gasteiger charge is 2.57. The Morgan fingerprint density at radius 1 is 1.33 bits per heavy atom. The normalized spacial score (nSPS) is 23.4. The molecule has 3 aliphatic rings. The number of fused-ring (bicyclic) bond motifs is 1. The van der Waals surface area contributed by atoms with E-state index in [0.717, 1.165) is 25.7 Å². The Morgan fingerprint density at radius 3 is 2.60 bits per heavy atom. The molecule has 1 spiro atoms. The van der Waals surface area contributed by atoms with Crippen LogP contribution in [0.15, 0.2) is 9.59 Å². The molecule has 1 saturated heterocycles. The van der Waals surface area contributed by atoms with Crippen LogP contribution in [-0.2, 0) is 0 Å². The maximum absolute atomic E-state index is 15.7. The van der Waals surface area contributed by atoms with Crippen LogP contribution in [0.2, 0.25) is 0 Å². The van der Waals surface area contributed by atoms with Crippen LogP contribution < -0.4 is 20.9 Å². The second-order valence-electron chi connectivity index (χ2n) is 9.00. The topological polar surface area (TPSA) is 108 Å². The fraction of sp³-hybridized carbons (Fsp3) is 0.619. The number of aryl methyl sites for hydroxylation is 1. The van der Waals surface area contributed by atoms with E-state index in [-0.39, 0.29) is 46.4 Å². The van der Waals surface area contributed by atoms with E-state index in [0.29, 0.717) is 18.6 Å². The zero-order valence-electron chi connectivity index (χ0n) is 17.1. The molecule has 30 heavy (non-hydrogen) atoms. The van der Waals surface area contributed by atoms with Gasteiger partial charge in [-0.25, -0.2) is 9.18 Å². The molecule has 0 radical (unpaired) electrons. The van der Waals surface area contributed by atoms with Crippen molar-refractivity contribution in [1.82, 2.24) is 9.55 Å². The number of methoxy groups -OCH3 is 1. The summed E-state index contributed by atoms with van der Waals surface area (Å²) >= 11 is 0. The number of hydrogen-bond acceptors (Lipinski definition) is 6. The lowest BCUT2D eigenvalue weighted by Crippen LogP contribution is -2.32. The highest BCUT2D eigenvalue weighted by atomic mass is 19.1. The first-order valence-corrected chi connectivity index (χ1v) is 10.4. The van der Waals surface area contributed by atoms with E-state index < -0.39 is 23.2 Å². The third-order valence-corrected chi connectivity index (χ3v) is 7.17. The summed E-state index contributed by atoms with van der Waals surface area (Å²) in [5, 5.41) is 19.9. The first kappa shape index (κ1) is 19.6. The van der Waals surface area contributed by atoms with Crippen molar-refractivity contribution in [1.29, 1.82) is 0 Å². The van der Waals surface area contributed by atoms with Crippen molar-refractivity contribution in [3.05, 3.63) is 32.2 Å². The molecule has 3 fully saturated rings. The van der Waals surface area contributed by atoms with Crippen molar-refractivity contribution in [2.24, 2.45) is 11.3 Å². The first-order chi connectivity index (χ1) is 14.3. The van der Waals surface area contributed by atoms with Gasteiger partial charge in [0.25, 0.3) is 5.56 Å². The average Bonchev–Trinajstić information content (AvgIpc) is 3.62. The zero-order valence-corrected chi connectivity index (χ0v) is 17.1. The SMILES string of the molecule is COc1c(N2CC(C(O)CO)C3(CC3)C2)c(F)c(C)c2c(=O)[nH]c(=O)n(C3CC3)c12. The number of hydrogen-bond donors (Lipinski definition) is 3. The second-order valence-corrected chi connectivity index (χ2v) is 9.00. The highest BCUT2D eigenvalue weighted by molar-refractivity contribution is 5.93. The van der Waals surface area contributed by atoms with Gasteiger partial charge in [-0.05, 0) is 38.0 Å². The number of benzene rings is 1. The van der Waals surface area contributed by atoms with E-state index in [9.17, 15) is 19.8 Å². The summed E-state index contributed by atoms with van der Waals surface area (Å²) in [4.78, 5) is 29.4. The molecule has 0 bridgehead atoms. The van der Waals surface area contributed by atoms with Gasteiger partial charge < -0.3 is 19.8 Å². The third kappa shape index (κ3) is 2.64. The zero-order chi connectivity index (χ0) is 21.4. The van der Waals surface area contributed by atoms with Crippen molar-refractivity contribution >= 4 is 16.6 Å². The van der Waals surface area contributed by atoms with Gasteiger partial charge in [0.15, 0.2) is 11.6 Å². The molecule has 2 aliphatic carbocycles. The van der Waals surface area contributed by atoms with Crippen LogP contribution >= 0.6 is 0 Å². The first-order valence-electron chi connectivity index (χ1n) is 10.4. The van der Waals surface area contributed by atoms with E-state index in [4.69, 9.17) is 4.74 Å². The minimum absolute atomic E-state index is 0.0410. The molecule has 2 unspecified atom stereocenters. The quantitative estimate of drug-likeness (QED) is 0.669. The summed E-state index contributed by atoms with van der Waals surface area (Å²) in [5.41, 5.74) is -0.556. The van der Waals surface area contributed by atoms with Crippen LogP contribution in [0.4, 0.5) is 10.1 Å². The molecule has 9 heteroatoms. The summed E-state index contributed by atoms with van der Waals surface area (Å²) in [6, 6.07) is -0.0410. The van der Waals surface area contributed by atoms with E-state index in [1.807, 2.05) is 4.90 Å². The van der Waals surface area contributed by atoms with Gasteiger partial charge >= 0.3 is 5.69 Å². The number of rotatable bonds is 5. The highest BCUT2D eigenvalue weighted by Crippen LogP contribution is 2.59. The van der Waals surface area contributed by atoms with Crippen LogP contribution in [0, 0.1) is 24.1 Å². The number of aliphatic hydroxyl groups is 2. The van der Waals surface area contributed by atoms with Crippen LogP contribution in [-0.4, -0.2) is 52.7 Å². The Bertz CT molecular complexity index is 1150. The molecule has 0 amide bonds. The minimum Gasteiger partial charge on any atom is -0.492 e. The fourth-order valence-corrected chi connectivity index (χ4v) is 5.29. The number of aromatic amines is 1. The molecule has 2 heterocycles. The van der Waals surface area contributed by atoms with Gasteiger partial charge in [-0.2, -0.15) is 0 Å². The molecular weight excluding hydrogens is 393 g/mol. The number of aliphatic hydroxyl groups excluding tert-OH is 2. The Kier molecular flexibility index (Phi) is 4.27. The predicted molar refractivity (Wildman–Crippen MR) is 109 cm³/mol. The van der Waals surface area contributed by atoms with Gasteiger partial charge in [0.1, 0.15) is 11.2 Å². The summed E-state index contributed by atoms with van der Waals surface area (Å²) in [5.74, 6) is -0.550. The van der Waals surface area contributed by atoms with Crippen LogP contribution in [0.1, 0.15) is 37.3 Å². The van der Waals surface area contributed by atoms with Gasteiger partial charge in [0, 0.05) is 30.6 Å². The molecule has 5 rings (SSSR count). The molecule has 1 aromatic heterocycles. The monoisotopic (exact) mass is 419 g/mol. The van der Waals surface area contributed by atoms with Gasteiger partial charge in [0.05, 0.1) is 25.2 Å². The summed E-state index contributed by atoms with van der Waals surface area (Å²) < 4.78 is 22.8. The lowest BCUT2D eigenvalue weighted by Gasteiger charge is -2.26. The number of halogens is 1. The maximum Gasteiger partial charge on any atom is 0.329 e. The van der Waals surface area contributed by atoms with E-state index in [1.165, 1.54) is 11.7 Å². The van der Waals surface area contributed by atoms with E-state index in [1.54, 1.807) is 6.92 Å². The van der Waals surface area contributed by atoms with Crippen LogP contribution in [0.3, 0.4) is 0 Å². The molecule has 8 nitrogen and oxygen atoms in total. The molecule has 3 N–H and O–H groups in total. The standard InChI is InChI=1S/C21H26FN3O5/c1-10-14-16(25(11-3-4-11)20(29)23-19(14)28)18(30-2)17(15(10)22)24-7-12(13(27)8-26)21(9-24)5-6-21/h11-13,26-27H,3-9H2,1-2H3,(H,23,28,29). The van der Waals surface area contributed by atoms with Gasteiger partial charge in [-0.3, -0.25) is 14.3 Å². The Balaban J connectivity index is 1.76. The van der Waals surface area contributed by atoms with Crippen molar-refractivity contribution in [2.75, 3.05) is 31.7 Å². The number of ether oxygens (including phenoxy) is 1. The Morgan fingerprint density at radius 2 is 2.03 bits per heavy atom. The lowest BCUT2D eigenvalue weighted by molar-refractivity contribution is 0.0335. The molecule has 162 valence electrons. The van der Waals surface area contributed by atoms with Crippen molar-refractivity contribution in [3.8, 4) is 5.75 Å². The van der Waals surface area contributed by atoms with Crippen molar-refractivity contribution in [3.63, 3.8) is 0 Å². The third-order valence-electron chi connectivity index (χ3n) is 7.17. The molecule has 2 atom stereocenters. The molecule has 1 aliphatic heterocycles. The number of nitrogens with zero attached hydrogens (tertiary/aromatic N) is 2. The lowest BCUT2D eigenvalue weighted by atomic mass is 9.88. The van der Waals surface area contributed by atoms with Gasteiger partial charge in [0.2, 0.25) is 0 Å². The number of aromatic nitrogens is 2. The largest absolute Gasteiger partial charge is 0.492 e. The second kappa shape index (κ2) is 6.55. The Hall–Kier alpha value is -2.39. The number of nitrogens with one attached hydrogen (secondary N) is 1. The average molecular weight is 419 g/mol. The summed E-state index contributed by atoms with van der Waals surface area (Å²) in [7, 11) is 1.42. The van der Waals surface area contributed by atoms with E-state index in [2.05, 4.69) is 4.98 Å². The van der Waals surface area contributed by atoms with Crippen LogP contribution in [0.5, 0.6) is 5.75 Å². The maximum atomic E-state index is 15.7. The fourth-order valence-electron chi connectivity index (χ4n) is 5.29. The Labute approximate surface area is 171 Å². The molecule has 2 saturated carbocycles. The van der Waals surface area contributed by atoms with Crippen molar-refractivity contribution in [2.45, 2.75) is 44.8 Å². The van der Waals surface area contributed by atoms with Gasteiger partial charge in [-0.1, -0.05) is 0 Å². The molecule has 2 aromatic rings. The number of anilines is 1. The summed E-state index contributed by atoms with van der Waals surface area (Å²) in [6.45, 7) is 2.11. The van der Waals surface area contributed by atoms with Crippen LogP contribution in [0.25, 0.3) is 10.9 Å². The molecule has 1 aromatic carbocycles.